The molecule has 0 saturated heterocycles. The second kappa shape index (κ2) is 6.31. The molecule has 2 aromatic rings. The molecule has 0 atom stereocenters. The summed E-state index contributed by atoms with van der Waals surface area (Å²) in [6.45, 7) is 4.16. The number of aryl methyl sites for hydroxylation is 2. The Kier molecular flexibility index (Phi) is 4.75. The minimum Gasteiger partial charge on any atom is -0.271 e. The molecule has 0 fully saturated rings. The van der Waals surface area contributed by atoms with Crippen LogP contribution in [0.25, 0.3) is 0 Å². The predicted octanol–water partition coefficient (Wildman–Crippen LogP) is 2.41. The van der Waals surface area contributed by atoms with E-state index in [2.05, 4.69) is 10.5 Å². The lowest BCUT2D eigenvalue weighted by atomic mass is 10.2. The Balaban J connectivity index is 2.24. The second-order valence-corrected chi connectivity index (χ2v) is 5.66. The number of pyridine rings is 1. The third kappa shape index (κ3) is 3.61. The van der Waals surface area contributed by atoms with E-state index in [4.69, 9.17) is 11.6 Å². The SMILES string of the molecule is Cc1cc(C)n(NC(=O)Cn2nc(C(F)(F)F)c(Cl)c2C)c(=O)c1. The lowest BCUT2D eigenvalue weighted by Gasteiger charge is -2.12. The fraction of sp³-hybridized carbons (Fsp3) is 0.357. The number of aromatic nitrogens is 3. The summed E-state index contributed by atoms with van der Waals surface area (Å²) in [5.74, 6) is -0.708. The topological polar surface area (TPSA) is 68.9 Å². The zero-order valence-corrected chi connectivity index (χ0v) is 13.8. The summed E-state index contributed by atoms with van der Waals surface area (Å²) in [5, 5.41) is 2.78. The fourth-order valence-corrected chi connectivity index (χ4v) is 2.41. The number of alkyl halides is 3. The van der Waals surface area contributed by atoms with E-state index in [1.165, 1.54) is 13.0 Å². The van der Waals surface area contributed by atoms with Crippen LogP contribution in [0.5, 0.6) is 0 Å². The summed E-state index contributed by atoms with van der Waals surface area (Å²) in [6.07, 6.45) is -4.71. The molecule has 0 radical (unpaired) electrons. The molecule has 0 aromatic carbocycles. The molecule has 2 aromatic heterocycles. The van der Waals surface area contributed by atoms with Crippen LogP contribution in [0.2, 0.25) is 5.02 Å². The average molecular weight is 363 g/mol. The zero-order valence-electron chi connectivity index (χ0n) is 13.0. The van der Waals surface area contributed by atoms with Crippen molar-refractivity contribution < 1.29 is 18.0 Å². The van der Waals surface area contributed by atoms with E-state index in [1.54, 1.807) is 19.9 Å². The van der Waals surface area contributed by atoms with E-state index in [0.29, 0.717) is 5.69 Å². The Morgan fingerprint density at radius 2 is 1.92 bits per heavy atom. The summed E-state index contributed by atoms with van der Waals surface area (Å²) >= 11 is 5.62. The van der Waals surface area contributed by atoms with Gasteiger partial charge in [0.2, 0.25) is 0 Å². The van der Waals surface area contributed by atoms with Crippen molar-refractivity contribution in [2.45, 2.75) is 33.5 Å². The largest absolute Gasteiger partial charge is 0.436 e. The Bertz CT molecular complexity index is 855. The molecule has 1 N–H and O–H groups in total. The first-order valence-corrected chi connectivity index (χ1v) is 7.18. The van der Waals surface area contributed by atoms with Crippen molar-refractivity contribution in [2.75, 3.05) is 5.43 Å². The number of halogens is 4. The van der Waals surface area contributed by atoms with Crippen molar-refractivity contribution >= 4 is 17.5 Å². The molecular formula is C14H14ClF3N4O2. The molecule has 0 aliphatic heterocycles. The van der Waals surface area contributed by atoms with Gasteiger partial charge in [-0.05, 0) is 32.4 Å². The van der Waals surface area contributed by atoms with Crippen LogP contribution in [0.1, 0.15) is 22.6 Å². The summed E-state index contributed by atoms with van der Waals surface area (Å²) in [7, 11) is 0. The highest BCUT2D eigenvalue weighted by Gasteiger charge is 2.38. The van der Waals surface area contributed by atoms with E-state index in [-0.39, 0.29) is 5.69 Å². The number of nitrogens with zero attached hydrogens (tertiary/aromatic N) is 3. The van der Waals surface area contributed by atoms with Crippen LogP contribution in [0.4, 0.5) is 13.2 Å². The van der Waals surface area contributed by atoms with Gasteiger partial charge in [-0.15, -0.1) is 0 Å². The van der Waals surface area contributed by atoms with Gasteiger partial charge in [-0.3, -0.25) is 19.7 Å². The Morgan fingerprint density at radius 3 is 2.42 bits per heavy atom. The third-order valence-corrected chi connectivity index (χ3v) is 3.75. The van der Waals surface area contributed by atoms with Gasteiger partial charge in [0.05, 0.1) is 10.7 Å². The lowest BCUT2D eigenvalue weighted by Crippen LogP contribution is -2.36. The summed E-state index contributed by atoms with van der Waals surface area (Å²) in [5.41, 5.74) is 1.85. The normalized spacial score (nSPS) is 11.6. The van der Waals surface area contributed by atoms with Crippen molar-refractivity contribution in [3.05, 3.63) is 50.2 Å². The van der Waals surface area contributed by atoms with Crippen LogP contribution in [-0.2, 0) is 17.5 Å². The van der Waals surface area contributed by atoms with E-state index in [1.807, 2.05) is 0 Å². The number of amides is 1. The van der Waals surface area contributed by atoms with Gasteiger partial charge < -0.3 is 0 Å². The highest BCUT2D eigenvalue weighted by atomic mass is 35.5. The maximum Gasteiger partial charge on any atom is 0.436 e. The first kappa shape index (κ1) is 18.1. The Labute approximate surface area is 139 Å². The van der Waals surface area contributed by atoms with Crippen molar-refractivity contribution in [3.63, 3.8) is 0 Å². The Morgan fingerprint density at radius 1 is 1.29 bits per heavy atom. The van der Waals surface area contributed by atoms with Gasteiger partial charge in [0.15, 0.2) is 5.69 Å². The van der Waals surface area contributed by atoms with Gasteiger partial charge in [0.25, 0.3) is 11.5 Å². The van der Waals surface area contributed by atoms with Gasteiger partial charge in [0.1, 0.15) is 6.54 Å². The molecule has 6 nitrogen and oxygen atoms in total. The molecule has 0 bridgehead atoms. The number of carbonyl (C=O) groups excluding carboxylic acids is 1. The maximum atomic E-state index is 12.8. The van der Waals surface area contributed by atoms with Crippen LogP contribution in [-0.4, -0.2) is 20.4 Å². The van der Waals surface area contributed by atoms with Crippen molar-refractivity contribution in [2.24, 2.45) is 0 Å². The molecule has 2 rings (SSSR count). The maximum absolute atomic E-state index is 12.8. The molecule has 0 spiro atoms. The van der Waals surface area contributed by atoms with Crippen LogP contribution in [0.15, 0.2) is 16.9 Å². The molecular weight excluding hydrogens is 349 g/mol. The van der Waals surface area contributed by atoms with Gasteiger partial charge in [-0.1, -0.05) is 11.6 Å². The van der Waals surface area contributed by atoms with Crippen molar-refractivity contribution in [3.8, 4) is 0 Å². The molecule has 2 heterocycles. The standard InChI is InChI=1S/C14H14ClF3N4O2/c1-7-4-8(2)22(11(24)5-7)19-10(23)6-21-9(3)12(15)13(20-21)14(16,17)18/h4-5H,6H2,1-3H3,(H,19,23). The number of hydrogen-bond acceptors (Lipinski definition) is 3. The molecule has 24 heavy (non-hydrogen) atoms. The minimum atomic E-state index is -4.71. The minimum absolute atomic E-state index is 0.00659. The fourth-order valence-electron chi connectivity index (χ4n) is 2.17. The molecule has 0 saturated carbocycles. The van der Waals surface area contributed by atoms with Crippen LogP contribution in [0, 0.1) is 20.8 Å². The molecule has 130 valence electrons. The number of nitrogens with one attached hydrogen (secondary N) is 1. The zero-order chi connectivity index (χ0) is 18.2. The smallest absolute Gasteiger partial charge is 0.271 e. The molecule has 0 unspecified atom stereocenters. The molecule has 10 heteroatoms. The van der Waals surface area contributed by atoms with Crippen molar-refractivity contribution in [1.82, 2.24) is 14.5 Å². The first-order chi connectivity index (χ1) is 11.0. The summed E-state index contributed by atoms with van der Waals surface area (Å²) in [6, 6.07) is 3.00. The van der Waals surface area contributed by atoms with Crippen molar-refractivity contribution in [1.29, 1.82) is 0 Å². The van der Waals surface area contributed by atoms with Gasteiger partial charge >= 0.3 is 6.18 Å². The Hall–Kier alpha value is -2.29. The van der Waals surface area contributed by atoms with E-state index in [0.717, 1.165) is 14.9 Å². The molecule has 1 amide bonds. The van der Waals surface area contributed by atoms with E-state index >= 15 is 0 Å². The van der Waals surface area contributed by atoms with Crippen LogP contribution >= 0.6 is 11.6 Å². The lowest BCUT2D eigenvalue weighted by molar-refractivity contribution is -0.141. The highest BCUT2D eigenvalue weighted by Crippen LogP contribution is 2.35. The number of rotatable bonds is 3. The predicted molar refractivity (Wildman–Crippen MR) is 81.5 cm³/mol. The molecule has 0 aliphatic carbocycles. The third-order valence-electron chi connectivity index (χ3n) is 3.29. The average Bonchev–Trinajstić information content (AvgIpc) is 2.71. The van der Waals surface area contributed by atoms with Gasteiger partial charge in [-0.2, -0.15) is 18.3 Å². The first-order valence-electron chi connectivity index (χ1n) is 6.81. The second-order valence-electron chi connectivity index (χ2n) is 5.29. The van der Waals surface area contributed by atoms with E-state index in [9.17, 15) is 22.8 Å². The summed E-state index contributed by atoms with van der Waals surface area (Å²) < 4.78 is 40.1. The van der Waals surface area contributed by atoms with Crippen LogP contribution in [0.3, 0.4) is 0 Å². The van der Waals surface area contributed by atoms with Gasteiger partial charge in [0, 0.05) is 11.8 Å². The molecule has 0 aliphatic rings. The number of carbonyl (C=O) groups is 1. The quantitative estimate of drug-likeness (QED) is 0.911. The monoisotopic (exact) mass is 362 g/mol. The summed E-state index contributed by atoms with van der Waals surface area (Å²) in [4.78, 5) is 23.9. The van der Waals surface area contributed by atoms with Gasteiger partial charge in [-0.25, -0.2) is 4.68 Å². The highest BCUT2D eigenvalue weighted by molar-refractivity contribution is 6.32. The number of hydrogen-bond donors (Lipinski definition) is 1. The van der Waals surface area contributed by atoms with Crippen LogP contribution < -0.4 is 11.0 Å². The van der Waals surface area contributed by atoms with E-state index < -0.39 is 34.9 Å².